The van der Waals surface area contributed by atoms with E-state index < -0.39 is 0 Å². The molecule has 1 aromatic rings. The van der Waals surface area contributed by atoms with Crippen molar-refractivity contribution in [1.82, 2.24) is 0 Å². The molecule has 1 heterocycles. The first-order chi connectivity index (χ1) is 6.33. The average Bonchev–Trinajstić information content (AvgIpc) is 2.19. The van der Waals surface area contributed by atoms with Crippen LogP contribution in [0.3, 0.4) is 0 Å². The molecule has 2 radical (unpaired) electrons. The Balaban J connectivity index is 2.52. The van der Waals surface area contributed by atoms with Crippen LogP contribution in [0.15, 0.2) is 16.6 Å². The van der Waals surface area contributed by atoms with Gasteiger partial charge in [0.1, 0.15) is 6.61 Å². The van der Waals surface area contributed by atoms with Gasteiger partial charge in [-0.2, -0.15) is 0 Å². The third-order valence-electron chi connectivity index (χ3n) is 1.70. The maximum absolute atomic E-state index is 5.34. The standard InChI is InChI=1S/C9H7BrO3/c1-11-7-3-2-6(10)8-9(7)13-5-4-12-8/h2-3H,5H2,1H3. The summed E-state index contributed by atoms with van der Waals surface area (Å²) in [5.74, 6) is 1.90. The number of hydrogen-bond acceptors (Lipinski definition) is 3. The first-order valence-electron chi connectivity index (χ1n) is 3.72. The van der Waals surface area contributed by atoms with Crippen LogP contribution in [-0.4, -0.2) is 13.7 Å². The van der Waals surface area contributed by atoms with Gasteiger partial charge in [0.25, 0.3) is 0 Å². The molecule has 0 aliphatic carbocycles. The van der Waals surface area contributed by atoms with Crippen LogP contribution < -0.4 is 14.2 Å². The summed E-state index contributed by atoms with van der Waals surface area (Å²) in [5.41, 5.74) is 0. The minimum atomic E-state index is 0.319. The van der Waals surface area contributed by atoms with Gasteiger partial charge in [-0.1, -0.05) is 0 Å². The first-order valence-corrected chi connectivity index (χ1v) is 4.51. The van der Waals surface area contributed by atoms with Crippen molar-refractivity contribution >= 4 is 15.9 Å². The molecule has 1 aromatic carbocycles. The maximum Gasteiger partial charge on any atom is 0.237 e. The van der Waals surface area contributed by atoms with Crippen LogP contribution in [0.5, 0.6) is 17.2 Å². The molecule has 0 fully saturated rings. The van der Waals surface area contributed by atoms with Crippen molar-refractivity contribution in [2.45, 2.75) is 0 Å². The Kier molecular flexibility index (Phi) is 2.31. The Labute approximate surface area is 84.7 Å². The van der Waals surface area contributed by atoms with Gasteiger partial charge in [-0.3, -0.25) is 0 Å². The molecule has 1 aliphatic heterocycles. The zero-order valence-electron chi connectivity index (χ0n) is 6.96. The van der Waals surface area contributed by atoms with Gasteiger partial charge in [0, 0.05) is 0 Å². The zero-order valence-corrected chi connectivity index (χ0v) is 8.55. The van der Waals surface area contributed by atoms with Gasteiger partial charge in [0.15, 0.2) is 11.5 Å². The molecule has 3 nitrogen and oxygen atoms in total. The van der Waals surface area contributed by atoms with Gasteiger partial charge < -0.3 is 14.2 Å². The number of methoxy groups -OCH3 is 1. The number of ether oxygens (including phenoxy) is 3. The Bertz CT molecular complexity index is 325. The van der Waals surface area contributed by atoms with Crippen LogP contribution in [0, 0.1) is 6.61 Å². The third kappa shape index (κ3) is 1.46. The molecule has 0 amide bonds. The molecular formula is C9H7BrO3. The lowest BCUT2D eigenvalue weighted by atomic mass is 10.3. The minimum absolute atomic E-state index is 0.319. The Hall–Kier alpha value is -0.900. The van der Waals surface area contributed by atoms with E-state index in [0.29, 0.717) is 23.9 Å². The molecule has 0 saturated carbocycles. The van der Waals surface area contributed by atoms with E-state index in [4.69, 9.17) is 14.2 Å². The summed E-state index contributed by atoms with van der Waals surface area (Å²) in [7, 11) is 1.59. The second-order valence-corrected chi connectivity index (χ2v) is 3.30. The van der Waals surface area contributed by atoms with Crippen molar-refractivity contribution in [2.75, 3.05) is 13.7 Å². The number of rotatable bonds is 1. The third-order valence-corrected chi connectivity index (χ3v) is 2.32. The molecule has 0 atom stereocenters. The molecule has 0 saturated heterocycles. The molecule has 13 heavy (non-hydrogen) atoms. The van der Waals surface area contributed by atoms with E-state index in [2.05, 4.69) is 22.5 Å². The highest BCUT2D eigenvalue weighted by molar-refractivity contribution is 9.10. The average molecular weight is 243 g/mol. The predicted molar refractivity (Wildman–Crippen MR) is 50.1 cm³/mol. The molecule has 0 spiro atoms. The normalized spacial score (nSPS) is 14.0. The summed E-state index contributed by atoms with van der Waals surface area (Å²) in [6, 6.07) is 3.66. The van der Waals surface area contributed by atoms with Gasteiger partial charge in [0.2, 0.25) is 12.4 Å². The largest absolute Gasteiger partial charge is 0.493 e. The van der Waals surface area contributed by atoms with Gasteiger partial charge in [-0.25, -0.2) is 0 Å². The highest BCUT2D eigenvalue weighted by Crippen LogP contribution is 2.44. The molecule has 0 bridgehead atoms. The fraction of sp³-hybridized carbons (Fsp3) is 0.222. The number of fused-ring (bicyclic) bond motifs is 1. The van der Waals surface area contributed by atoms with Crippen molar-refractivity contribution in [1.29, 1.82) is 0 Å². The van der Waals surface area contributed by atoms with E-state index in [-0.39, 0.29) is 0 Å². The fourth-order valence-corrected chi connectivity index (χ4v) is 1.51. The molecule has 0 unspecified atom stereocenters. The molecule has 0 aromatic heterocycles. The van der Waals surface area contributed by atoms with Crippen LogP contribution in [-0.2, 0) is 0 Å². The van der Waals surface area contributed by atoms with E-state index >= 15 is 0 Å². The number of halogens is 1. The Morgan fingerprint density at radius 2 is 2.31 bits per heavy atom. The van der Waals surface area contributed by atoms with Crippen molar-refractivity contribution < 1.29 is 14.2 Å². The summed E-state index contributed by atoms with van der Waals surface area (Å²) in [6.45, 7) is 2.94. The summed E-state index contributed by atoms with van der Waals surface area (Å²) in [4.78, 5) is 0. The maximum atomic E-state index is 5.34. The van der Waals surface area contributed by atoms with Crippen LogP contribution in [0.2, 0.25) is 0 Å². The number of benzene rings is 1. The summed E-state index contributed by atoms with van der Waals surface area (Å²) < 4.78 is 16.5. The fourth-order valence-electron chi connectivity index (χ4n) is 1.12. The lowest BCUT2D eigenvalue weighted by Crippen LogP contribution is -2.11. The molecular weight excluding hydrogens is 236 g/mol. The second-order valence-electron chi connectivity index (χ2n) is 2.44. The van der Waals surface area contributed by atoms with Gasteiger partial charge >= 0.3 is 0 Å². The summed E-state index contributed by atoms with van der Waals surface area (Å²) in [5, 5.41) is 0. The second kappa shape index (κ2) is 3.46. The van der Waals surface area contributed by atoms with E-state index in [9.17, 15) is 0 Å². The van der Waals surface area contributed by atoms with Crippen molar-refractivity contribution in [2.24, 2.45) is 0 Å². The molecule has 4 heteroatoms. The quantitative estimate of drug-likeness (QED) is 0.757. The van der Waals surface area contributed by atoms with Gasteiger partial charge in [-0.05, 0) is 28.1 Å². The SMILES string of the molecule is COc1ccc(Br)c2c1OC[C]O2. The highest BCUT2D eigenvalue weighted by Gasteiger charge is 2.20. The molecule has 2 rings (SSSR count). The van der Waals surface area contributed by atoms with Crippen molar-refractivity contribution in [3.05, 3.63) is 23.2 Å². The summed E-state index contributed by atoms with van der Waals surface area (Å²) >= 11 is 3.34. The van der Waals surface area contributed by atoms with E-state index in [1.165, 1.54) is 0 Å². The van der Waals surface area contributed by atoms with Gasteiger partial charge in [0.05, 0.1) is 11.6 Å². The monoisotopic (exact) mass is 242 g/mol. The smallest absolute Gasteiger partial charge is 0.237 e. The number of hydrogen-bond donors (Lipinski definition) is 0. The van der Waals surface area contributed by atoms with Gasteiger partial charge in [-0.15, -0.1) is 0 Å². The first kappa shape index (κ1) is 8.69. The topological polar surface area (TPSA) is 27.7 Å². The lowest BCUT2D eigenvalue weighted by Gasteiger charge is -2.19. The van der Waals surface area contributed by atoms with E-state index in [1.54, 1.807) is 7.11 Å². The Morgan fingerprint density at radius 3 is 3.08 bits per heavy atom. The van der Waals surface area contributed by atoms with Crippen molar-refractivity contribution in [3.63, 3.8) is 0 Å². The van der Waals surface area contributed by atoms with E-state index in [1.807, 2.05) is 12.1 Å². The van der Waals surface area contributed by atoms with E-state index in [0.717, 1.165) is 4.47 Å². The van der Waals surface area contributed by atoms with Crippen LogP contribution in [0.25, 0.3) is 0 Å². The van der Waals surface area contributed by atoms with Crippen LogP contribution >= 0.6 is 15.9 Å². The highest BCUT2D eigenvalue weighted by atomic mass is 79.9. The van der Waals surface area contributed by atoms with Crippen LogP contribution in [0.4, 0.5) is 0 Å². The predicted octanol–water partition coefficient (Wildman–Crippen LogP) is 2.27. The summed E-state index contributed by atoms with van der Waals surface area (Å²) in [6.07, 6.45) is 0. The molecule has 68 valence electrons. The molecule has 0 N–H and O–H groups in total. The minimum Gasteiger partial charge on any atom is -0.493 e. The van der Waals surface area contributed by atoms with Crippen LogP contribution in [0.1, 0.15) is 0 Å². The zero-order chi connectivity index (χ0) is 9.26. The Morgan fingerprint density at radius 1 is 1.46 bits per heavy atom. The lowest BCUT2D eigenvalue weighted by molar-refractivity contribution is 0.212. The molecule has 1 aliphatic rings. The van der Waals surface area contributed by atoms with Crippen molar-refractivity contribution in [3.8, 4) is 17.2 Å².